The van der Waals surface area contributed by atoms with E-state index < -0.39 is 25.8 Å². The number of piperidine rings is 1. The van der Waals surface area contributed by atoms with Crippen LogP contribution in [-0.4, -0.2) is 39.6 Å². The fourth-order valence-electron chi connectivity index (χ4n) is 3.78. The molecule has 4 rings (SSSR count). The van der Waals surface area contributed by atoms with Gasteiger partial charge in [0.05, 0.1) is 9.79 Å². The van der Waals surface area contributed by atoms with Crippen LogP contribution in [0.4, 0.5) is 5.69 Å². The van der Waals surface area contributed by atoms with Gasteiger partial charge in [-0.1, -0.05) is 18.0 Å². The van der Waals surface area contributed by atoms with Crippen LogP contribution in [0.1, 0.15) is 36.7 Å². The van der Waals surface area contributed by atoms with Gasteiger partial charge in [-0.2, -0.15) is 4.31 Å². The van der Waals surface area contributed by atoms with Gasteiger partial charge in [0.2, 0.25) is 25.0 Å². The van der Waals surface area contributed by atoms with Crippen LogP contribution >= 0.6 is 11.6 Å². The Balaban J connectivity index is 1.47. The largest absolute Gasteiger partial charge is 0.439 e. The summed E-state index contributed by atoms with van der Waals surface area (Å²) >= 11 is 5.80. The quantitative estimate of drug-likeness (QED) is 0.507. The molecule has 0 bridgehead atoms. The third kappa shape index (κ3) is 4.90. The lowest BCUT2D eigenvalue weighted by atomic mass is 10.1. The van der Waals surface area contributed by atoms with E-state index in [9.17, 15) is 21.6 Å². The Kier molecular flexibility index (Phi) is 6.86. The van der Waals surface area contributed by atoms with Crippen molar-refractivity contribution in [3.05, 3.63) is 71.4 Å². The molecule has 0 aliphatic carbocycles. The van der Waals surface area contributed by atoms with Crippen molar-refractivity contribution in [2.75, 3.05) is 11.9 Å². The third-order valence-corrected chi connectivity index (χ3v) is 9.58. The average molecular weight is 523 g/mol. The predicted molar refractivity (Wildman–Crippen MR) is 127 cm³/mol. The minimum atomic E-state index is -3.96. The van der Waals surface area contributed by atoms with Crippen LogP contribution in [0.15, 0.2) is 80.0 Å². The van der Waals surface area contributed by atoms with E-state index in [1.165, 1.54) is 65.0 Å². The number of sulfonamides is 1. The first-order valence-electron chi connectivity index (χ1n) is 10.6. The van der Waals surface area contributed by atoms with Gasteiger partial charge in [0.1, 0.15) is 0 Å². The van der Waals surface area contributed by atoms with Gasteiger partial charge >= 0.3 is 0 Å². The molecule has 1 fully saturated rings. The van der Waals surface area contributed by atoms with Gasteiger partial charge < -0.3 is 9.73 Å². The molecule has 3 aromatic rings. The standard InChI is InChI=1S/C23H23ClN2O6S2/c1-16-4-2-3-15-26(16)34(30,31)20-11-7-18(8-12-20)25-23(27)21-13-14-22(32-21)33(28,29)19-9-5-17(24)6-10-19/h5-14,16H,2-4,15H2,1H3,(H,25,27). The number of nitrogens with one attached hydrogen (secondary N) is 1. The molecule has 11 heteroatoms. The van der Waals surface area contributed by atoms with Gasteiger partial charge in [0.25, 0.3) is 5.91 Å². The maximum absolute atomic E-state index is 12.9. The zero-order valence-electron chi connectivity index (χ0n) is 18.3. The number of halogens is 1. The van der Waals surface area contributed by atoms with Crippen molar-refractivity contribution in [1.29, 1.82) is 0 Å². The number of amides is 1. The molecule has 0 saturated carbocycles. The Hall–Kier alpha value is -2.66. The van der Waals surface area contributed by atoms with Crippen LogP contribution in [0.3, 0.4) is 0 Å². The maximum Gasteiger partial charge on any atom is 0.291 e. The summed E-state index contributed by atoms with van der Waals surface area (Å²) in [7, 11) is -7.58. The van der Waals surface area contributed by atoms with Crippen molar-refractivity contribution in [1.82, 2.24) is 4.31 Å². The average Bonchev–Trinajstić information content (AvgIpc) is 3.31. The van der Waals surface area contributed by atoms with Crippen LogP contribution in [-0.2, 0) is 19.9 Å². The summed E-state index contributed by atoms with van der Waals surface area (Å²) in [6.07, 6.45) is 2.66. The molecule has 2 heterocycles. The van der Waals surface area contributed by atoms with Crippen molar-refractivity contribution < 1.29 is 26.0 Å². The normalized spacial score (nSPS) is 17.4. The highest BCUT2D eigenvalue weighted by Crippen LogP contribution is 2.27. The van der Waals surface area contributed by atoms with Crippen molar-refractivity contribution >= 4 is 43.1 Å². The van der Waals surface area contributed by atoms with Crippen LogP contribution in [0, 0.1) is 0 Å². The van der Waals surface area contributed by atoms with Gasteiger partial charge in [-0.05, 0) is 80.4 Å². The predicted octanol–water partition coefficient (Wildman–Crippen LogP) is 4.58. The fraction of sp³-hybridized carbons (Fsp3) is 0.261. The van der Waals surface area contributed by atoms with Crippen molar-refractivity contribution in [3.8, 4) is 0 Å². The number of carbonyl (C=O) groups is 1. The summed E-state index contributed by atoms with van der Waals surface area (Å²) in [6, 6.07) is 13.8. The van der Waals surface area contributed by atoms with E-state index in [2.05, 4.69) is 5.32 Å². The van der Waals surface area contributed by atoms with Crippen molar-refractivity contribution in [2.24, 2.45) is 0 Å². The topological polar surface area (TPSA) is 114 Å². The van der Waals surface area contributed by atoms with Crippen LogP contribution in [0.5, 0.6) is 0 Å². The number of hydrogen-bond acceptors (Lipinski definition) is 6. The Morgan fingerprint density at radius 2 is 1.59 bits per heavy atom. The summed E-state index contributed by atoms with van der Waals surface area (Å²) in [5.41, 5.74) is 0.342. The van der Waals surface area contributed by atoms with Gasteiger partial charge in [0.15, 0.2) is 5.76 Å². The first-order chi connectivity index (χ1) is 16.1. The summed E-state index contributed by atoms with van der Waals surface area (Å²) in [4.78, 5) is 12.7. The smallest absolute Gasteiger partial charge is 0.291 e. The number of anilines is 1. The van der Waals surface area contributed by atoms with E-state index in [1.54, 1.807) is 0 Å². The first-order valence-corrected chi connectivity index (χ1v) is 13.9. The summed E-state index contributed by atoms with van der Waals surface area (Å²) in [6.45, 7) is 2.39. The van der Waals surface area contributed by atoms with E-state index in [0.29, 0.717) is 17.3 Å². The molecular formula is C23H23ClN2O6S2. The van der Waals surface area contributed by atoms with Gasteiger partial charge in [-0.15, -0.1) is 0 Å². The molecule has 0 radical (unpaired) electrons. The number of hydrogen-bond donors (Lipinski definition) is 1. The molecule has 180 valence electrons. The van der Waals surface area contributed by atoms with E-state index in [4.69, 9.17) is 16.0 Å². The SMILES string of the molecule is CC1CCCCN1S(=O)(=O)c1ccc(NC(=O)c2ccc(S(=O)(=O)c3ccc(Cl)cc3)o2)cc1. The minimum Gasteiger partial charge on any atom is -0.439 e. The van der Waals surface area contributed by atoms with Gasteiger partial charge in [-0.3, -0.25) is 4.79 Å². The molecule has 1 saturated heterocycles. The van der Waals surface area contributed by atoms with E-state index >= 15 is 0 Å². The Labute approximate surface area is 203 Å². The second-order valence-electron chi connectivity index (χ2n) is 8.02. The summed E-state index contributed by atoms with van der Waals surface area (Å²) in [5, 5.41) is 2.60. The maximum atomic E-state index is 12.9. The lowest BCUT2D eigenvalue weighted by Crippen LogP contribution is -2.41. The van der Waals surface area contributed by atoms with Crippen LogP contribution in [0.25, 0.3) is 0 Å². The molecule has 1 N–H and O–H groups in total. The molecule has 1 unspecified atom stereocenters. The monoisotopic (exact) mass is 522 g/mol. The minimum absolute atomic E-state index is 0.0157. The van der Waals surface area contributed by atoms with E-state index in [-0.39, 0.29) is 26.7 Å². The molecule has 1 aliphatic heterocycles. The Bertz CT molecular complexity index is 1400. The molecular weight excluding hydrogens is 500 g/mol. The fourth-order valence-corrected chi connectivity index (χ4v) is 6.78. The highest BCUT2D eigenvalue weighted by Gasteiger charge is 2.31. The summed E-state index contributed by atoms with van der Waals surface area (Å²) < 4.78 is 58.1. The molecule has 1 atom stereocenters. The van der Waals surface area contributed by atoms with Gasteiger partial charge in [-0.25, -0.2) is 16.8 Å². The van der Waals surface area contributed by atoms with Gasteiger partial charge in [0, 0.05) is 23.3 Å². The number of furan rings is 1. The molecule has 1 aromatic heterocycles. The zero-order valence-corrected chi connectivity index (χ0v) is 20.7. The number of nitrogens with zero attached hydrogens (tertiary/aromatic N) is 1. The number of benzene rings is 2. The number of rotatable bonds is 6. The molecule has 1 aliphatic rings. The Morgan fingerprint density at radius 1 is 0.941 bits per heavy atom. The van der Waals surface area contributed by atoms with Crippen molar-refractivity contribution in [3.63, 3.8) is 0 Å². The molecule has 8 nitrogen and oxygen atoms in total. The van der Waals surface area contributed by atoms with Crippen LogP contribution in [0.2, 0.25) is 5.02 Å². The van der Waals surface area contributed by atoms with E-state index in [1.807, 2.05) is 6.92 Å². The van der Waals surface area contributed by atoms with Crippen molar-refractivity contribution in [2.45, 2.75) is 47.1 Å². The molecule has 2 aromatic carbocycles. The highest BCUT2D eigenvalue weighted by molar-refractivity contribution is 7.91. The zero-order chi connectivity index (χ0) is 24.5. The highest BCUT2D eigenvalue weighted by atomic mass is 35.5. The lowest BCUT2D eigenvalue weighted by Gasteiger charge is -2.32. The number of sulfone groups is 1. The Morgan fingerprint density at radius 3 is 2.24 bits per heavy atom. The molecule has 1 amide bonds. The summed E-state index contributed by atoms with van der Waals surface area (Å²) in [5.74, 6) is -0.871. The third-order valence-electron chi connectivity index (χ3n) is 5.65. The lowest BCUT2D eigenvalue weighted by molar-refractivity contribution is 0.0991. The van der Waals surface area contributed by atoms with Crippen LogP contribution < -0.4 is 5.32 Å². The molecule has 0 spiro atoms. The molecule has 34 heavy (non-hydrogen) atoms. The number of carbonyl (C=O) groups excluding carboxylic acids is 1. The second-order valence-corrected chi connectivity index (χ2v) is 12.2. The van der Waals surface area contributed by atoms with E-state index in [0.717, 1.165) is 19.3 Å². The first kappa shape index (κ1) is 24.5. The second kappa shape index (κ2) is 9.53.